The summed E-state index contributed by atoms with van der Waals surface area (Å²) in [7, 11) is -3.43. The van der Waals surface area contributed by atoms with Gasteiger partial charge in [0.05, 0.1) is 10.6 Å². The molecular formula is C10H10BrNO2S. The fourth-order valence-electron chi connectivity index (χ4n) is 1.59. The van der Waals surface area contributed by atoms with Crippen molar-refractivity contribution in [3.05, 3.63) is 29.8 Å². The predicted octanol–water partition coefficient (Wildman–Crippen LogP) is 2.35. The van der Waals surface area contributed by atoms with Crippen molar-refractivity contribution >= 4 is 31.7 Å². The highest BCUT2D eigenvalue weighted by molar-refractivity contribution is 9.09. The van der Waals surface area contributed by atoms with Crippen LogP contribution < -0.4 is 0 Å². The number of benzene rings is 1. The van der Waals surface area contributed by atoms with Gasteiger partial charge in [-0.2, -0.15) is 12.8 Å². The van der Waals surface area contributed by atoms with Crippen LogP contribution in [0.4, 0.5) is 0 Å². The van der Waals surface area contributed by atoms with Gasteiger partial charge in [0.25, 0.3) is 10.0 Å². The van der Waals surface area contributed by atoms with E-state index in [1.54, 1.807) is 18.2 Å². The third kappa shape index (κ3) is 1.99. The Labute approximate surface area is 97.4 Å². The van der Waals surface area contributed by atoms with Crippen molar-refractivity contribution in [3.8, 4) is 0 Å². The molecule has 0 saturated heterocycles. The first kappa shape index (κ1) is 10.8. The summed E-state index contributed by atoms with van der Waals surface area (Å²) in [4.78, 5) is 0.547. The maximum absolute atomic E-state index is 11.6. The van der Waals surface area contributed by atoms with E-state index in [9.17, 15) is 8.42 Å². The summed E-state index contributed by atoms with van der Waals surface area (Å²) in [5.41, 5.74) is 1.39. The third-order valence-electron chi connectivity index (χ3n) is 2.18. The topological polar surface area (TPSA) is 46.5 Å². The van der Waals surface area contributed by atoms with E-state index in [1.807, 2.05) is 13.0 Å². The molecule has 1 aliphatic heterocycles. The van der Waals surface area contributed by atoms with Crippen LogP contribution in [0.25, 0.3) is 0 Å². The molecule has 0 aliphatic carbocycles. The van der Waals surface area contributed by atoms with Crippen molar-refractivity contribution in [1.29, 1.82) is 0 Å². The zero-order chi connectivity index (χ0) is 11.1. The van der Waals surface area contributed by atoms with Crippen LogP contribution in [0.2, 0.25) is 0 Å². The zero-order valence-electron chi connectivity index (χ0n) is 8.14. The monoisotopic (exact) mass is 287 g/mol. The Balaban J connectivity index is 2.54. The van der Waals surface area contributed by atoms with Crippen LogP contribution in [0, 0.1) is 0 Å². The van der Waals surface area contributed by atoms with Gasteiger partial charge in [-0.15, -0.1) is 0 Å². The van der Waals surface area contributed by atoms with Crippen molar-refractivity contribution in [2.45, 2.75) is 23.1 Å². The fraction of sp³-hybridized carbons (Fsp3) is 0.300. The first-order valence-corrected chi connectivity index (χ1v) is 6.93. The van der Waals surface area contributed by atoms with Crippen LogP contribution in [0.15, 0.2) is 33.6 Å². The fourth-order valence-corrected chi connectivity index (χ4v) is 3.17. The second kappa shape index (κ2) is 3.72. The number of fused-ring (bicyclic) bond motifs is 1. The summed E-state index contributed by atoms with van der Waals surface area (Å²) >= 11 is 3.40. The molecule has 5 heteroatoms. The average Bonchev–Trinajstić information content (AvgIpc) is 2.39. The lowest BCUT2D eigenvalue weighted by Crippen LogP contribution is -2.03. The number of halogens is 1. The van der Waals surface area contributed by atoms with E-state index in [0.29, 0.717) is 17.0 Å². The summed E-state index contributed by atoms with van der Waals surface area (Å²) in [6.45, 7) is 1.97. The summed E-state index contributed by atoms with van der Waals surface area (Å²) in [5.74, 6) is 0. The first-order valence-electron chi connectivity index (χ1n) is 4.58. The molecule has 0 amide bonds. The number of rotatable bonds is 2. The van der Waals surface area contributed by atoms with Gasteiger partial charge in [0.1, 0.15) is 0 Å². The van der Waals surface area contributed by atoms with E-state index in [4.69, 9.17) is 0 Å². The van der Waals surface area contributed by atoms with Crippen molar-refractivity contribution in [3.63, 3.8) is 0 Å². The molecule has 1 aromatic carbocycles. The molecule has 1 heterocycles. The van der Waals surface area contributed by atoms with Crippen molar-refractivity contribution in [1.82, 2.24) is 0 Å². The number of hydrogen-bond acceptors (Lipinski definition) is 2. The minimum absolute atomic E-state index is 0.220. The van der Waals surface area contributed by atoms with Crippen LogP contribution in [0.1, 0.15) is 18.9 Å². The van der Waals surface area contributed by atoms with Crippen LogP contribution >= 0.6 is 15.9 Å². The normalized spacial score (nSPS) is 19.5. The zero-order valence-corrected chi connectivity index (χ0v) is 10.5. The largest absolute Gasteiger partial charge is 0.283 e. The molecule has 1 aromatic rings. The van der Waals surface area contributed by atoms with Crippen LogP contribution in [-0.4, -0.2) is 19.0 Å². The lowest BCUT2D eigenvalue weighted by molar-refractivity contribution is 0.599. The van der Waals surface area contributed by atoms with E-state index < -0.39 is 10.0 Å². The molecule has 0 bridgehead atoms. The maximum Gasteiger partial charge on any atom is 0.283 e. The molecule has 80 valence electrons. The molecule has 1 unspecified atom stereocenters. The summed E-state index contributed by atoms with van der Waals surface area (Å²) < 4.78 is 27.1. The van der Waals surface area contributed by atoms with Gasteiger partial charge < -0.3 is 0 Å². The summed E-state index contributed by atoms with van der Waals surface area (Å²) in [6, 6.07) is 6.94. The Hall–Kier alpha value is -0.680. The minimum atomic E-state index is -3.43. The molecular weight excluding hydrogens is 278 g/mol. The molecule has 0 saturated carbocycles. The summed E-state index contributed by atoms with van der Waals surface area (Å²) in [5, 5.41) is 0. The van der Waals surface area contributed by atoms with Gasteiger partial charge in [-0.1, -0.05) is 41.1 Å². The predicted molar refractivity (Wildman–Crippen MR) is 63.2 cm³/mol. The molecule has 3 nitrogen and oxygen atoms in total. The van der Waals surface area contributed by atoms with Crippen LogP contribution in [0.3, 0.4) is 0 Å². The lowest BCUT2D eigenvalue weighted by Gasteiger charge is -2.02. The van der Waals surface area contributed by atoms with Crippen molar-refractivity contribution in [2.24, 2.45) is 4.40 Å². The Kier molecular flexibility index (Phi) is 2.68. The Morgan fingerprint density at radius 3 is 2.73 bits per heavy atom. The van der Waals surface area contributed by atoms with Gasteiger partial charge in [0.15, 0.2) is 0 Å². The first-order chi connectivity index (χ1) is 7.00. The molecule has 1 aliphatic rings. The van der Waals surface area contributed by atoms with Gasteiger partial charge in [-0.05, 0) is 6.07 Å². The molecule has 0 radical (unpaired) electrons. The van der Waals surface area contributed by atoms with Gasteiger partial charge in [0, 0.05) is 16.8 Å². The van der Waals surface area contributed by atoms with E-state index in [-0.39, 0.29) is 4.83 Å². The third-order valence-corrected chi connectivity index (χ3v) is 3.88. The number of sulfonamides is 1. The Morgan fingerprint density at radius 1 is 1.40 bits per heavy atom. The Morgan fingerprint density at radius 2 is 2.07 bits per heavy atom. The van der Waals surface area contributed by atoms with Crippen LogP contribution in [-0.2, 0) is 10.0 Å². The highest BCUT2D eigenvalue weighted by Crippen LogP contribution is 2.28. The Bertz CT molecular complexity index is 520. The standard InChI is InChI=1S/C10H10BrNO2S/c1-7(11)6-9-8-4-2-3-5-10(8)15(13,14)12-9/h2-5,7H,6H2,1H3. The summed E-state index contributed by atoms with van der Waals surface area (Å²) in [6.07, 6.45) is 0.621. The van der Waals surface area contributed by atoms with E-state index in [0.717, 1.165) is 5.56 Å². The average molecular weight is 288 g/mol. The number of nitrogens with zero attached hydrogens (tertiary/aromatic N) is 1. The molecule has 0 fully saturated rings. The van der Waals surface area contributed by atoms with Crippen LogP contribution in [0.5, 0.6) is 0 Å². The number of hydrogen-bond donors (Lipinski definition) is 0. The van der Waals surface area contributed by atoms with Gasteiger partial charge in [-0.3, -0.25) is 0 Å². The molecule has 1 atom stereocenters. The van der Waals surface area contributed by atoms with Crippen molar-refractivity contribution in [2.75, 3.05) is 0 Å². The van der Waals surface area contributed by atoms with Gasteiger partial charge >= 0.3 is 0 Å². The quantitative estimate of drug-likeness (QED) is 0.784. The second-order valence-corrected chi connectivity index (χ2v) is 6.63. The minimum Gasteiger partial charge on any atom is -0.199 e. The number of alkyl halides is 1. The van der Waals surface area contributed by atoms with Gasteiger partial charge in [0.2, 0.25) is 0 Å². The van der Waals surface area contributed by atoms with Crippen molar-refractivity contribution < 1.29 is 8.42 Å². The van der Waals surface area contributed by atoms with E-state index >= 15 is 0 Å². The second-order valence-electron chi connectivity index (χ2n) is 3.49. The van der Waals surface area contributed by atoms with Gasteiger partial charge in [-0.25, -0.2) is 0 Å². The molecule has 15 heavy (non-hydrogen) atoms. The van der Waals surface area contributed by atoms with E-state index in [1.165, 1.54) is 0 Å². The lowest BCUT2D eigenvalue weighted by atomic mass is 10.1. The highest BCUT2D eigenvalue weighted by Gasteiger charge is 2.28. The maximum atomic E-state index is 11.6. The highest BCUT2D eigenvalue weighted by atomic mass is 79.9. The molecule has 0 spiro atoms. The SMILES string of the molecule is CC(Br)CC1=NS(=O)(=O)c2ccccc21. The molecule has 0 aromatic heterocycles. The molecule has 2 rings (SSSR count). The smallest absolute Gasteiger partial charge is 0.199 e. The van der Waals surface area contributed by atoms with E-state index in [2.05, 4.69) is 20.3 Å². The molecule has 0 N–H and O–H groups in total.